The van der Waals surface area contributed by atoms with Crippen LogP contribution >= 0.6 is 0 Å². The standard InChI is InChI=1S/C11H12F3N3O3/c1-6-2-3-8(17(18)19)9(4-6)20-5-7(10(15)16)11(12,13)14/h2-4,7H,5H2,1H3,(H3,15,16). The van der Waals surface area contributed by atoms with Crippen LogP contribution in [0.5, 0.6) is 5.75 Å². The maximum atomic E-state index is 12.6. The summed E-state index contributed by atoms with van der Waals surface area (Å²) in [5.41, 5.74) is 5.01. The van der Waals surface area contributed by atoms with Gasteiger partial charge >= 0.3 is 11.9 Å². The number of alkyl halides is 3. The van der Waals surface area contributed by atoms with Gasteiger partial charge in [0.25, 0.3) is 0 Å². The second kappa shape index (κ2) is 5.76. The van der Waals surface area contributed by atoms with Crippen LogP contribution in [0.3, 0.4) is 0 Å². The second-order valence-corrected chi connectivity index (χ2v) is 4.09. The number of nitrogens with one attached hydrogen (secondary N) is 1. The molecule has 3 N–H and O–H groups in total. The Balaban J connectivity index is 2.96. The molecule has 0 saturated carbocycles. The Morgan fingerprint density at radius 2 is 2.15 bits per heavy atom. The van der Waals surface area contributed by atoms with Crippen molar-refractivity contribution >= 4 is 11.5 Å². The average Bonchev–Trinajstić information content (AvgIpc) is 2.26. The zero-order valence-corrected chi connectivity index (χ0v) is 10.4. The Morgan fingerprint density at radius 1 is 1.55 bits per heavy atom. The predicted octanol–water partition coefficient (Wildman–Crippen LogP) is 2.40. The summed E-state index contributed by atoms with van der Waals surface area (Å²) in [7, 11) is 0. The second-order valence-electron chi connectivity index (χ2n) is 4.09. The van der Waals surface area contributed by atoms with Gasteiger partial charge in [-0.2, -0.15) is 13.2 Å². The molecule has 1 aromatic rings. The Bertz CT molecular complexity index is 531. The van der Waals surface area contributed by atoms with Crippen LogP contribution in [0.4, 0.5) is 18.9 Å². The highest BCUT2D eigenvalue weighted by Gasteiger charge is 2.42. The maximum Gasteiger partial charge on any atom is 0.401 e. The van der Waals surface area contributed by atoms with Crippen LogP contribution in [0.25, 0.3) is 0 Å². The van der Waals surface area contributed by atoms with E-state index in [-0.39, 0.29) is 5.75 Å². The molecule has 0 radical (unpaired) electrons. The van der Waals surface area contributed by atoms with Crippen molar-refractivity contribution in [2.45, 2.75) is 13.1 Å². The molecule has 1 aromatic carbocycles. The molecule has 110 valence electrons. The largest absolute Gasteiger partial charge is 0.486 e. The molecule has 1 unspecified atom stereocenters. The number of nitrogens with zero attached hydrogens (tertiary/aromatic N) is 1. The minimum Gasteiger partial charge on any atom is -0.486 e. The van der Waals surface area contributed by atoms with E-state index in [1.165, 1.54) is 12.1 Å². The summed E-state index contributed by atoms with van der Waals surface area (Å²) in [6.07, 6.45) is -4.75. The fraction of sp³-hybridized carbons (Fsp3) is 0.364. The number of amidine groups is 1. The van der Waals surface area contributed by atoms with E-state index in [4.69, 9.17) is 15.9 Å². The average molecular weight is 291 g/mol. The summed E-state index contributed by atoms with van der Waals surface area (Å²) in [6.45, 7) is 0.631. The van der Waals surface area contributed by atoms with Gasteiger partial charge in [0.2, 0.25) is 0 Å². The molecule has 0 aliphatic carbocycles. The minimum absolute atomic E-state index is 0.287. The Labute approximate surface area is 112 Å². The van der Waals surface area contributed by atoms with Gasteiger partial charge in [0, 0.05) is 6.07 Å². The van der Waals surface area contributed by atoms with Gasteiger partial charge in [0.15, 0.2) is 5.75 Å². The third-order valence-corrected chi connectivity index (χ3v) is 2.49. The summed E-state index contributed by atoms with van der Waals surface area (Å²) in [5, 5.41) is 17.6. The molecule has 0 fully saturated rings. The van der Waals surface area contributed by atoms with Crippen molar-refractivity contribution in [3.63, 3.8) is 0 Å². The predicted molar refractivity (Wildman–Crippen MR) is 64.8 cm³/mol. The van der Waals surface area contributed by atoms with Crippen molar-refractivity contribution in [2.24, 2.45) is 11.7 Å². The molecule has 0 spiro atoms. The Kier molecular flexibility index (Phi) is 4.53. The fourth-order valence-electron chi connectivity index (χ4n) is 1.42. The van der Waals surface area contributed by atoms with Crippen LogP contribution in [-0.2, 0) is 0 Å². The summed E-state index contributed by atoms with van der Waals surface area (Å²) in [5.74, 6) is -3.69. The minimum atomic E-state index is -4.75. The van der Waals surface area contributed by atoms with E-state index in [1.807, 2.05) is 0 Å². The van der Waals surface area contributed by atoms with Crippen molar-refractivity contribution < 1.29 is 22.8 Å². The quantitative estimate of drug-likeness (QED) is 0.376. The molecule has 20 heavy (non-hydrogen) atoms. The molecule has 0 aliphatic rings. The van der Waals surface area contributed by atoms with Crippen LogP contribution in [0.15, 0.2) is 18.2 Å². The Morgan fingerprint density at radius 3 is 2.60 bits per heavy atom. The lowest BCUT2D eigenvalue weighted by atomic mass is 10.1. The number of aryl methyl sites for hydroxylation is 1. The van der Waals surface area contributed by atoms with Gasteiger partial charge in [-0.15, -0.1) is 0 Å². The van der Waals surface area contributed by atoms with Crippen LogP contribution in [0, 0.1) is 28.4 Å². The summed E-state index contributed by atoms with van der Waals surface area (Å²) < 4.78 is 42.6. The molecule has 0 heterocycles. The number of hydrogen-bond acceptors (Lipinski definition) is 4. The van der Waals surface area contributed by atoms with Crippen molar-refractivity contribution in [3.05, 3.63) is 33.9 Å². The zero-order chi connectivity index (χ0) is 15.5. The molecule has 0 bridgehead atoms. The molecular weight excluding hydrogens is 279 g/mol. The van der Waals surface area contributed by atoms with Gasteiger partial charge in [-0.25, -0.2) is 0 Å². The highest BCUT2D eigenvalue weighted by molar-refractivity contribution is 5.80. The van der Waals surface area contributed by atoms with E-state index in [2.05, 4.69) is 0 Å². The number of hydrogen-bond donors (Lipinski definition) is 2. The van der Waals surface area contributed by atoms with E-state index in [0.717, 1.165) is 6.07 Å². The third kappa shape index (κ3) is 3.84. The first kappa shape index (κ1) is 15.7. The van der Waals surface area contributed by atoms with E-state index < -0.39 is 35.1 Å². The fourth-order valence-corrected chi connectivity index (χ4v) is 1.42. The van der Waals surface area contributed by atoms with Crippen molar-refractivity contribution in [3.8, 4) is 5.75 Å². The smallest absolute Gasteiger partial charge is 0.401 e. The molecule has 1 rings (SSSR count). The van der Waals surface area contributed by atoms with E-state index in [9.17, 15) is 23.3 Å². The third-order valence-electron chi connectivity index (χ3n) is 2.49. The van der Waals surface area contributed by atoms with Crippen LogP contribution in [0.1, 0.15) is 5.56 Å². The van der Waals surface area contributed by atoms with E-state index >= 15 is 0 Å². The SMILES string of the molecule is Cc1ccc([N+](=O)[O-])c(OCC(C(=N)N)C(F)(F)F)c1. The van der Waals surface area contributed by atoms with E-state index in [0.29, 0.717) is 5.56 Å². The number of rotatable bonds is 5. The lowest BCUT2D eigenvalue weighted by Gasteiger charge is -2.19. The number of halogens is 3. The van der Waals surface area contributed by atoms with Crippen molar-refractivity contribution in [1.29, 1.82) is 5.41 Å². The molecule has 0 amide bonds. The molecule has 0 aliphatic heterocycles. The highest BCUT2D eigenvalue weighted by atomic mass is 19.4. The highest BCUT2D eigenvalue weighted by Crippen LogP contribution is 2.31. The number of ether oxygens (including phenoxy) is 1. The van der Waals surface area contributed by atoms with Crippen molar-refractivity contribution in [1.82, 2.24) is 0 Å². The number of nitro groups is 1. The molecule has 0 saturated heterocycles. The lowest BCUT2D eigenvalue weighted by Crippen LogP contribution is -2.39. The lowest BCUT2D eigenvalue weighted by molar-refractivity contribution is -0.386. The first-order valence-electron chi connectivity index (χ1n) is 5.41. The van der Waals surface area contributed by atoms with Gasteiger partial charge in [0.05, 0.1) is 4.92 Å². The topological polar surface area (TPSA) is 102 Å². The normalized spacial score (nSPS) is 12.8. The number of nitrogens with two attached hydrogens (primary N) is 1. The first-order chi connectivity index (χ1) is 9.12. The van der Waals surface area contributed by atoms with Crippen LogP contribution in [-0.4, -0.2) is 23.5 Å². The van der Waals surface area contributed by atoms with Gasteiger partial charge in [-0.1, -0.05) is 6.07 Å². The Hall–Kier alpha value is -2.32. The maximum absolute atomic E-state index is 12.6. The zero-order valence-electron chi connectivity index (χ0n) is 10.4. The van der Waals surface area contributed by atoms with Crippen LogP contribution in [0.2, 0.25) is 0 Å². The van der Waals surface area contributed by atoms with Gasteiger partial charge in [-0.05, 0) is 18.6 Å². The molecular formula is C11H12F3N3O3. The van der Waals surface area contributed by atoms with E-state index in [1.54, 1.807) is 6.92 Å². The monoisotopic (exact) mass is 291 g/mol. The number of benzene rings is 1. The molecule has 6 nitrogen and oxygen atoms in total. The molecule has 1 atom stereocenters. The van der Waals surface area contributed by atoms with Gasteiger partial charge in [0.1, 0.15) is 18.4 Å². The summed E-state index contributed by atoms with van der Waals surface area (Å²) in [4.78, 5) is 9.99. The van der Waals surface area contributed by atoms with Crippen molar-refractivity contribution in [2.75, 3.05) is 6.61 Å². The molecule has 9 heteroatoms. The van der Waals surface area contributed by atoms with Gasteiger partial charge in [-0.3, -0.25) is 15.5 Å². The summed E-state index contributed by atoms with van der Waals surface area (Å²) in [6, 6.07) is 3.84. The first-order valence-corrected chi connectivity index (χ1v) is 5.41. The molecule has 0 aromatic heterocycles. The summed E-state index contributed by atoms with van der Waals surface area (Å²) >= 11 is 0. The van der Waals surface area contributed by atoms with Gasteiger partial charge < -0.3 is 10.5 Å². The van der Waals surface area contributed by atoms with Crippen LogP contribution < -0.4 is 10.5 Å². The number of nitro benzene ring substituents is 1.